The Balaban J connectivity index is 1.57. The van der Waals surface area contributed by atoms with E-state index in [0.717, 1.165) is 41.6 Å². The summed E-state index contributed by atoms with van der Waals surface area (Å²) in [7, 11) is 0. The van der Waals surface area contributed by atoms with E-state index in [-0.39, 0.29) is 0 Å². The van der Waals surface area contributed by atoms with Crippen molar-refractivity contribution in [2.45, 2.75) is 26.4 Å². The van der Waals surface area contributed by atoms with Gasteiger partial charge in [0.2, 0.25) is 0 Å². The zero-order chi connectivity index (χ0) is 19.6. The van der Waals surface area contributed by atoms with E-state index in [1.54, 1.807) is 12.7 Å². The maximum Gasteiger partial charge on any atom is 0.191 e. The molecule has 1 aromatic heterocycles. The highest BCUT2D eigenvalue weighted by Crippen LogP contribution is 2.14. The lowest BCUT2D eigenvalue weighted by Crippen LogP contribution is -2.38. The van der Waals surface area contributed by atoms with Gasteiger partial charge in [-0.2, -0.15) is 5.10 Å². The molecule has 0 amide bonds. The molecule has 6 nitrogen and oxygen atoms in total. The Hall–Kier alpha value is -2.86. The van der Waals surface area contributed by atoms with Crippen LogP contribution in [0.3, 0.4) is 0 Å². The summed E-state index contributed by atoms with van der Waals surface area (Å²) < 4.78 is 1.81. The highest BCUT2D eigenvalue weighted by atomic mass is 35.5. The van der Waals surface area contributed by atoms with Crippen molar-refractivity contribution < 1.29 is 0 Å². The number of hydrogen-bond acceptors (Lipinski definition) is 3. The van der Waals surface area contributed by atoms with E-state index >= 15 is 0 Å². The van der Waals surface area contributed by atoms with Crippen LogP contribution in [0.5, 0.6) is 0 Å². The van der Waals surface area contributed by atoms with Crippen LogP contribution in [-0.2, 0) is 19.5 Å². The molecule has 0 saturated heterocycles. The minimum atomic E-state index is 0.604. The lowest BCUT2D eigenvalue weighted by Gasteiger charge is -2.12. The molecule has 0 spiro atoms. The van der Waals surface area contributed by atoms with E-state index in [9.17, 15) is 0 Å². The summed E-state index contributed by atoms with van der Waals surface area (Å²) >= 11 is 6.22. The molecule has 7 heteroatoms. The zero-order valence-corrected chi connectivity index (χ0v) is 16.7. The van der Waals surface area contributed by atoms with E-state index in [0.29, 0.717) is 13.1 Å². The van der Waals surface area contributed by atoms with Gasteiger partial charge in [-0.1, -0.05) is 54.1 Å². The number of rotatable bonds is 8. The highest BCUT2D eigenvalue weighted by Gasteiger charge is 2.02. The van der Waals surface area contributed by atoms with Gasteiger partial charge in [0.1, 0.15) is 12.7 Å². The number of benzene rings is 2. The van der Waals surface area contributed by atoms with Crippen molar-refractivity contribution in [2.75, 3.05) is 13.1 Å². The normalized spacial score (nSPS) is 11.4. The molecule has 0 aliphatic carbocycles. The van der Waals surface area contributed by atoms with Crippen LogP contribution < -0.4 is 10.6 Å². The molecule has 2 aromatic carbocycles. The smallest absolute Gasteiger partial charge is 0.191 e. The minimum Gasteiger partial charge on any atom is -0.357 e. The van der Waals surface area contributed by atoms with Crippen molar-refractivity contribution in [3.63, 3.8) is 0 Å². The largest absolute Gasteiger partial charge is 0.357 e. The fourth-order valence-corrected chi connectivity index (χ4v) is 3.09. The second-order valence-electron chi connectivity index (χ2n) is 6.38. The molecule has 0 bridgehead atoms. The Morgan fingerprint density at radius 1 is 1.11 bits per heavy atom. The summed E-state index contributed by atoms with van der Waals surface area (Å²) in [6.07, 6.45) is 4.11. The lowest BCUT2D eigenvalue weighted by molar-refractivity contribution is 0.684. The van der Waals surface area contributed by atoms with Gasteiger partial charge in [-0.15, -0.1) is 0 Å². The van der Waals surface area contributed by atoms with Crippen molar-refractivity contribution in [1.82, 2.24) is 25.4 Å². The Morgan fingerprint density at radius 2 is 1.96 bits per heavy atom. The van der Waals surface area contributed by atoms with Gasteiger partial charge in [-0.25, -0.2) is 14.7 Å². The van der Waals surface area contributed by atoms with E-state index in [1.165, 1.54) is 5.56 Å². The molecule has 146 valence electrons. The van der Waals surface area contributed by atoms with E-state index in [1.807, 2.05) is 22.9 Å². The van der Waals surface area contributed by atoms with Gasteiger partial charge in [0.25, 0.3) is 0 Å². The number of guanidine groups is 1. The predicted molar refractivity (Wildman–Crippen MR) is 114 cm³/mol. The number of aromatic nitrogens is 3. The third-order valence-corrected chi connectivity index (χ3v) is 4.58. The third-order valence-electron chi connectivity index (χ3n) is 4.21. The molecule has 0 aliphatic heterocycles. The standard InChI is InChI=1S/C21H25ClN6/c1-2-24-21(25-11-10-19-8-3-4-9-20(19)22)26-13-17-6-5-7-18(12-17)14-28-16-23-15-27-28/h3-9,12,15-16H,2,10-11,13-14H2,1H3,(H2,24,25,26). The fourth-order valence-electron chi connectivity index (χ4n) is 2.86. The monoisotopic (exact) mass is 396 g/mol. The first-order chi connectivity index (χ1) is 13.7. The van der Waals surface area contributed by atoms with Gasteiger partial charge in [-0.3, -0.25) is 0 Å². The summed E-state index contributed by atoms with van der Waals surface area (Å²) in [4.78, 5) is 8.68. The number of halogens is 1. The summed E-state index contributed by atoms with van der Waals surface area (Å²) in [6.45, 7) is 4.94. The van der Waals surface area contributed by atoms with Gasteiger partial charge >= 0.3 is 0 Å². The van der Waals surface area contributed by atoms with Crippen LogP contribution in [0.1, 0.15) is 23.6 Å². The van der Waals surface area contributed by atoms with Crippen LogP contribution in [0, 0.1) is 0 Å². The highest BCUT2D eigenvalue weighted by molar-refractivity contribution is 6.31. The molecule has 0 atom stereocenters. The SMILES string of the molecule is CCNC(=NCc1cccc(Cn2cncn2)c1)NCCc1ccccc1Cl. The molecule has 0 fully saturated rings. The number of nitrogens with one attached hydrogen (secondary N) is 2. The molecule has 0 saturated carbocycles. The first kappa shape index (κ1) is 19.9. The number of aliphatic imine (C=N–C) groups is 1. The molecular formula is C21H25ClN6. The zero-order valence-electron chi connectivity index (χ0n) is 16.0. The summed E-state index contributed by atoms with van der Waals surface area (Å²) in [6, 6.07) is 16.3. The van der Waals surface area contributed by atoms with Crippen LogP contribution in [-0.4, -0.2) is 33.8 Å². The second kappa shape index (κ2) is 10.5. The van der Waals surface area contributed by atoms with Gasteiger partial charge in [0.15, 0.2) is 5.96 Å². The molecule has 3 rings (SSSR count). The molecule has 0 radical (unpaired) electrons. The molecular weight excluding hydrogens is 372 g/mol. The maximum atomic E-state index is 6.22. The Bertz CT molecular complexity index is 891. The van der Waals surface area contributed by atoms with Gasteiger partial charge in [0, 0.05) is 18.1 Å². The third kappa shape index (κ3) is 6.09. The van der Waals surface area contributed by atoms with Gasteiger partial charge in [-0.05, 0) is 36.1 Å². The Kier molecular flexibility index (Phi) is 7.44. The predicted octanol–water partition coefficient (Wildman–Crippen LogP) is 3.28. The van der Waals surface area contributed by atoms with Crippen molar-refractivity contribution in [3.8, 4) is 0 Å². The fraction of sp³-hybridized carbons (Fsp3) is 0.286. The average molecular weight is 397 g/mol. The van der Waals surface area contributed by atoms with Crippen LogP contribution >= 0.6 is 11.6 Å². The topological polar surface area (TPSA) is 67.1 Å². The molecule has 3 aromatic rings. The van der Waals surface area contributed by atoms with Crippen LogP contribution in [0.2, 0.25) is 5.02 Å². The molecule has 2 N–H and O–H groups in total. The molecule has 0 aliphatic rings. The van der Waals surface area contributed by atoms with Crippen LogP contribution in [0.15, 0.2) is 66.2 Å². The molecule has 0 unspecified atom stereocenters. The van der Waals surface area contributed by atoms with Gasteiger partial charge in [0.05, 0.1) is 13.1 Å². The summed E-state index contributed by atoms with van der Waals surface area (Å²) in [5.74, 6) is 0.802. The van der Waals surface area contributed by atoms with Crippen molar-refractivity contribution in [2.24, 2.45) is 4.99 Å². The number of hydrogen-bond donors (Lipinski definition) is 2. The Morgan fingerprint density at radius 3 is 2.75 bits per heavy atom. The molecule has 28 heavy (non-hydrogen) atoms. The summed E-state index contributed by atoms with van der Waals surface area (Å²) in [5.41, 5.74) is 3.46. The van der Waals surface area contributed by atoms with Crippen LogP contribution in [0.25, 0.3) is 0 Å². The molecule has 1 heterocycles. The lowest BCUT2D eigenvalue weighted by atomic mass is 10.1. The van der Waals surface area contributed by atoms with E-state index in [2.05, 4.69) is 58.0 Å². The second-order valence-corrected chi connectivity index (χ2v) is 6.78. The summed E-state index contributed by atoms with van der Waals surface area (Å²) in [5, 5.41) is 11.6. The first-order valence-corrected chi connectivity index (χ1v) is 9.78. The Labute approximate surface area is 170 Å². The first-order valence-electron chi connectivity index (χ1n) is 9.40. The number of nitrogens with zero attached hydrogens (tertiary/aromatic N) is 4. The van der Waals surface area contributed by atoms with Crippen LogP contribution in [0.4, 0.5) is 0 Å². The van der Waals surface area contributed by atoms with E-state index in [4.69, 9.17) is 16.6 Å². The van der Waals surface area contributed by atoms with Crippen molar-refractivity contribution in [3.05, 3.63) is 82.9 Å². The maximum absolute atomic E-state index is 6.22. The van der Waals surface area contributed by atoms with E-state index < -0.39 is 0 Å². The average Bonchev–Trinajstić information content (AvgIpc) is 3.21. The quantitative estimate of drug-likeness (QED) is 0.453. The minimum absolute atomic E-state index is 0.604. The van der Waals surface area contributed by atoms with Gasteiger partial charge < -0.3 is 10.6 Å². The van der Waals surface area contributed by atoms with Crippen molar-refractivity contribution in [1.29, 1.82) is 0 Å². The van der Waals surface area contributed by atoms with Crippen molar-refractivity contribution >= 4 is 17.6 Å².